The molecule has 0 spiro atoms. The van der Waals surface area contributed by atoms with Crippen molar-refractivity contribution in [1.29, 1.82) is 0 Å². The molecule has 2 aromatic carbocycles. The van der Waals surface area contributed by atoms with Gasteiger partial charge in [0, 0.05) is 28.8 Å². The Balaban J connectivity index is 2.18. The Morgan fingerprint density at radius 2 is 1.90 bits per heavy atom. The average molecular weight is 368 g/mol. The minimum absolute atomic E-state index is 0.0216. The van der Waals surface area contributed by atoms with E-state index in [2.05, 4.69) is 15.9 Å². The van der Waals surface area contributed by atoms with Gasteiger partial charge in [-0.1, -0.05) is 23.7 Å². The van der Waals surface area contributed by atoms with Gasteiger partial charge in [0.2, 0.25) is 0 Å². The van der Waals surface area contributed by atoms with Gasteiger partial charge in [-0.2, -0.15) is 0 Å². The molecule has 0 radical (unpaired) electrons. The number of hydrogen-bond donors (Lipinski definition) is 1. The number of carbonyl (C=O) groups excluding carboxylic acids is 1. The van der Waals surface area contributed by atoms with Crippen LogP contribution in [0.1, 0.15) is 22.8 Å². The van der Waals surface area contributed by atoms with Crippen LogP contribution in [0.5, 0.6) is 0 Å². The summed E-state index contributed by atoms with van der Waals surface area (Å²) in [6, 6.07) is 12.7. The number of nitrogens with zero attached hydrogens (tertiary/aromatic N) is 1. The van der Waals surface area contributed by atoms with Crippen molar-refractivity contribution < 1.29 is 4.79 Å². The summed E-state index contributed by atoms with van der Waals surface area (Å²) in [6.45, 7) is 3.14. The molecule has 0 saturated carbocycles. The van der Waals surface area contributed by atoms with Gasteiger partial charge in [-0.15, -0.1) is 0 Å². The topological polar surface area (TPSA) is 46.3 Å². The molecule has 0 fully saturated rings. The summed E-state index contributed by atoms with van der Waals surface area (Å²) in [4.78, 5) is 14.3. The van der Waals surface area contributed by atoms with E-state index in [4.69, 9.17) is 17.3 Å². The first-order valence-corrected chi connectivity index (χ1v) is 7.77. The summed E-state index contributed by atoms with van der Waals surface area (Å²) in [5.74, 6) is -0.0216. The highest BCUT2D eigenvalue weighted by atomic mass is 79.9. The Labute approximate surface area is 137 Å². The van der Waals surface area contributed by atoms with Crippen LogP contribution in [0.25, 0.3) is 0 Å². The zero-order valence-corrected chi connectivity index (χ0v) is 14.0. The van der Waals surface area contributed by atoms with Gasteiger partial charge in [0.25, 0.3) is 5.91 Å². The lowest BCUT2D eigenvalue weighted by atomic mass is 10.1. The van der Waals surface area contributed by atoms with E-state index in [0.29, 0.717) is 23.7 Å². The maximum atomic E-state index is 12.5. The van der Waals surface area contributed by atoms with Gasteiger partial charge in [0.15, 0.2) is 0 Å². The van der Waals surface area contributed by atoms with E-state index in [9.17, 15) is 4.79 Å². The summed E-state index contributed by atoms with van der Waals surface area (Å²) in [5.41, 5.74) is 8.05. The zero-order valence-electron chi connectivity index (χ0n) is 11.6. The van der Waals surface area contributed by atoms with Crippen molar-refractivity contribution in [2.75, 3.05) is 12.3 Å². The number of anilines is 1. The molecule has 3 nitrogen and oxygen atoms in total. The fourth-order valence-corrected chi connectivity index (χ4v) is 2.48. The molecule has 0 aliphatic heterocycles. The highest BCUT2D eigenvalue weighted by molar-refractivity contribution is 9.10. The number of nitrogen functional groups attached to an aromatic ring is 1. The molecule has 2 aromatic rings. The predicted molar refractivity (Wildman–Crippen MR) is 90.4 cm³/mol. The van der Waals surface area contributed by atoms with Crippen LogP contribution in [0, 0.1) is 0 Å². The molecule has 2 N–H and O–H groups in total. The van der Waals surface area contributed by atoms with Gasteiger partial charge < -0.3 is 10.6 Å². The molecular weight excluding hydrogens is 352 g/mol. The Morgan fingerprint density at radius 1 is 1.24 bits per heavy atom. The van der Waals surface area contributed by atoms with Gasteiger partial charge >= 0.3 is 0 Å². The highest BCUT2D eigenvalue weighted by Gasteiger charge is 2.15. The van der Waals surface area contributed by atoms with Crippen molar-refractivity contribution in [3.8, 4) is 0 Å². The first-order chi connectivity index (χ1) is 10.0. The Bertz CT molecular complexity index is 643. The van der Waals surface area contributed by atoms with E-state index < -0.39 is 0 Å². The summed E-state index contributed by atoms with van der Waals surface area (Å²) in [5, 5.41) is 0.591. The van der Waals surface area contributed by atoms with Crippen molar-refractivity contribution in [3.63, 3.8) is 0 Å². The first kappa shape index (κ1) is 15.9. The van der Waals surface area contributed by atoms with Crippen LogP contribution in [0.15, 0.2) is 46.9 Å². The Hall–Kier alpha value is -1.52. The van der Waals surface area contributed by atoms with E-state index in [1.54, 1.807) is 23.1 Å². The van der Waals surface area contributed by atoms with Gasteiger partial charge in [0.05, 0.1) is 5.02 Å². The molecule has 0 heterocycles. The second kappa shape index (κ2) is 6.96. The van der Waals surface area contributed by atoms with Crippen LogP contribution >= 0.6 is 27.5 Å². The lowest BCUT2D eigenvalue weighted by Crippen LogP contribution is -2.30. The number of amides is 1. The van der Waals surface area contributed by atoms with Gasteiger partial charge in [-0.3, -0.25) is 4.79 Å². The third-order valence-electron chi connectivity index (χ3n) is 3.19. The van der Waals surface area contributed by atoms with Gasteiger partial charge in [0.1, 0.15) is 0 Å². The number of hydrogen-bond acceptors (Lipinski definition) is 2. The molecule has 0 atom stereocenters. The zero-order chi connectivity index (χ0) is 15.4. The third-order valence-corrected chi connectivity index (χ3v) is 4.40. The van der Waals surface area contributed by atoms with Gasteiger partial charge in [-0.05, 0) is 58.7 Å². The lowest BCUT2D eigenvalue weighted by Gasteiger charge is -2.21. The summed E-state index contributed by atoms with van der Waals surface area (Å²) in [7, 11) is 0. The highest BCUT2D eigenvalue weighted by Crippen LogP contribution is 2.24. The SMILES string of the molecule is CCN(Cc1ccc(N)cc1)C(=O)c1ccc(Cl)c(Br)c1. The van der Waals surface area contributed by atoms with Crippen LogP contribution in [0.2, 0.25) is 5.02 Å². The molecule has 0 aromatic heterocycles. The van der Waals surface area contributed by atoms with E-state index in [0.717, 1.165) is 15.7 Å². The van der Waals surface area contributed by atoms with Crippen LogP contribution in [0.4, 0.5) is 5.69 Å². The van der Waals surface area contributed by atoms with Crippen molar-refractivity contribution in [3.05, 3.63) is 63.1 Å². The first-order valence-electron chi connectivity index (χ1n) is 6.60. The number of benzene rings is 2. The molecule has 21 heavy (non-hydrogen) atoms. The Morgan fingerprint density at radius 3 is 2.48 bits per heavy atom. The minimum Gasteiger partial charge on any atom is -0.399 e. The number of carbonyl (C=O) groups is 1. The molecule has 0 unspecified atom stereocenters. The van der Waals surface area contributed by atoms with Crippen molar-refractivity contribution >= 4 is 39.1 Å². The second-order valence-corrected chi connectivity index (χ2v) is 5.95. The lowest BCUT2D eigenvalue weighted by molar-refractivity contribution is 0.0752. The molecule has 0 saturated heterocycles. The van der Waals surface area contributed by atoms with Crippen LogP contribution in [-0.2, 0) is 6.54 Å². The number of nitrogens with two attached hydrogens (primary N) is 1. The molecule has 0 aliphatic carbocycles. The van der Waals surface area contributed by atoms with E-state index in [-0.39, 0.29) is 5.91 Å². The van der Waals surface area contributed by atoms with Crippen LogP contribution in [0.3, 0.4) is 0 Å². The number of halogens is 2. The predicted octanol–water partition coefficient (Wildman–Crippen LogP) is 4.35. The summed E-state index contributed by atoms with van der Waals surface area (Å²) in [6.07, 6.45) is 0. The standard InChI is InChI=1S/C16H16BrClN2O/c1-2-20(10-11-3-6-13(19)7-4-11)16(21)12-5-8-15(18)14(17)9-12/h3-9H,2,10,19H2,1H3. The summed E-state index contributed by atoms with van der Waals surface area (Å²) < 4.78 is 0.721. The second-order valence-electron chi connectivity index (χ2n) is 4.69. The fraction of sp³-hybridized carbons (Fsp3) is 0.188. The van der Waals surface area contributed by atoms with Crippen molar-refractivity contribution in [1.82, 2.24) is 4.90 Å². The van der Waals surface area contributed by atoms with Crippen LogP contribution in [-0.4, -0.2) is 17.4 Å². The number of rotatable bonds is 4. The van der Waals surface area contributed by atoms with E-state index in [1.807, 2.05) is 31.2 Å². The van der Waals surface area contributed by atoms with E-state index >= 15 is 0 Å². The fourth-order valence-electron chi connectivity index (χ4n) is 1.98. The maximum absolute atomic E-state index is 12.5. The molecule has 2 rings (SSSR count). The molecule has 0 bridgehead atoms. The third kappa shape index (κ3) is 3.99. The van der Waals surface area contributed by atoms with Crippen molar-refractivity contribution in [2.45, 2.75) is 13.5 Å². The molecule has 5 heteroatoms. The molecular formula is C16H16BrClN2O. The molecule has 1 amide bonds. The average Bonchev–Trinajstić information content (AvgIpc) is 2.49. The summed E-state index contributed by atoms with van der Waals surface area (Å²) >= 11 is 9.30. The van der Waals surface area contributed by atoms with Gasteiger partial charge in [-0.25, -0.2) is 0 Å². The van der Waals surface area contributed by atoms with Crippen LogP contribution < -0.4 is 5.73 Å². The smallest absolute Gasteiger partial charge is 0.254 e. The minimum atomic E-state index is -0.0216. The quantitative estimate of drug-likeness (QED) is 0.817. The monoisotopic (exact) mass is 366 g/mol. The van der Waals surface area contributed by atoms with Crippen molar-refractivity contribution in [2.24, 2.45) is 0 Å². The normalized spacial score (nSPS) is 10.4. The van der Waals surface area contributed by atoms with E-state index in [1.165, 1.54) is 0 Å². The Kier molecular flexibility index (Phi) is 5.26. The molecule has 0 aliphatic rings. The maximum Gasteiger partial charge on any atom is 0.254 e. The largest absolute Gasteiger partial charge is 0.399 e. The molecule has 110 valence electrons.